The fourth-order valence-electron chi connectivity index (χ4n) is 0.176. The molecular formula is C4H8NOW+. The number of nitrogens with one attached hydrogen (secondary N) is 1. The molecule has 0 heterocycles. The molecule has 0 bridgehead atoms. The van der Waals surface area contributed by atoms with Crippen LogP contribution in [-0.2, 0) is 25.9 Å². The van der Waals surface area contributed by atoms with Gasteiger partial charge in [0.25, 0.3) is 0 Å². The zero-order chi connectivity index (χ0) is 4.99. The van der Waals surface area contributed by atoms with E-state index in [0.717, 1.165) is 0 Å². The summed E-state index contributed by atoms with van der Waals surface area (Å²) in [4.78, 5) is 9.89. The molecule has 0 aliphatic heterocycles. The van der Waals surface area contributed by atoms with Crippen LogP contribution in [0.5, 0.6) is 0 Å². The maximum atomic E-state index is 9.89. The molecular weight excluding hydrogens is 262 g/mol. The average Bonchev–Trinajstić information content (AvgIpc) is 1.35. The molecule has 2 nitrogen and oxygen atoms in total. The van der Waals surface area contributed by atoms with Crippen LogP contribution < -0.4 is 5.32 Å². The maximum Gasteiger partial charge on any atom is 2.00 e. The smallest absolute Gasteiger partial charge is 0.386 e. The second-order valence-electron chi connectivity index (χ2n) is 0.983. The van der Waals surface area contributed by atoms with Gasteiger partial charge in [-0.15, -0.1) is 6.54 Å². The maximum absolute atomic E-state index is 9.89. The first-order chi connectivity index (χ1) is 2.77. The second kappa shape index (κ2) is 6.16. The number of rotatable bonds is 1. The Morgan fingerprint density at radius 3 is 2.29 bits per heavy atom. The Balaban J connectivity index is 0. The van der Waals surface area contributed by atoms with Gasteiger partial charge in [-0.25, -0.2) is 0 Å². The fraction of sp³-hybridized carbons (Fsp3) is 0.500. The van der Waals surface area contributed by atoms with Crippen LogP contribution in [0.25, 0.3) is 0 Å². The van der Waals surface area contributed by atoms with E-state index in [1.54, 1.807) is 0 Å². The number of amides is 1. The van der Waals surface area contributed by atoms with E-state index in [4.69, 9.17) is 0 Å². The first kappa shape index (κ1) is 10.2. The van der Waals surface area contributed by atoms with Crippen molar-refractivity contribution >= 4 is 5.91 Å². The van der Waals surface area contributed by atoms with Crippen molar-refractivity contribution in [2.45, 2.75) is 6.92 Å². The van der Waals surface area contributed by atoms with Crippen molar-refractivity contribution < 1.29 is 25.9 Å². The summed E-state index contributed by atoms with van der Waals surface area (Å²) in [5, 5.41) is 2.46. The Morgan fingerprint density at radius 2 is 2.29 bits per heavy atom. The summed E-state index contributed by atoms with van der Waals surface area (Å²) in [6.07, 6.45) is 0. The molecule has 0 saturated heterocycles. The molecule has 3 heteroatoms. The van der Waals surface area contributed by atoms with Gasteiger partial charge in [0.05, 0.1) is 0 Å². The van der Waals surface area contributed by atoms with Crippen LogP contribution in [0, 0.1) is 6.92 Å². The molecule has 0 saturated carbocycles. The van der Waals surface area contributed by atoms with Gasteiger partial charge in [0.2, 0.25) is 5.91 Å². The van der Waals surface area contributed by atoms with Crippen LogP contribution in [0.2, 0.25) is 0 Å². The van der Waals surface area contributed by atoms with Crippen molar-refractivity contribution in [3.63, 3.8) is 0 Å². The molecule has 0 aromatic heterocycles. The Labute approximate surface area is 57.9 Å². The summed E-state index contributed by atoms with van der Waals surface area (Å²) in [6.45, 7) is 5.34. The molecule has 0 atom stereocenters. The van der Waals surface area contributed by atoms with Crippen LogP contribution in [0.15, 0.2) is 0 Å². The minimum Gasteiger partial charge on any atom is -0.386 e. The van der Waals surface area contributed by atoms with Crippen molar-refractivity contribution in [3.8, 4) is 0 Å². The predicted octanol–water partition coefficient (Wildman–Crippen LogP) is -0.0459. The average molecular weight is 270 g/mol. The predicted molar refractivity (Wildman–Crippen MR) is 24.0 cm³/mol. The van der Waals surface area contributed by atoms with E-state index in [1.807, 2.05) is 0 Å². The summed E-state index contributed by atoms with van der Waals surface area (Å²) in [5.41, 5.74) is 0. The van der Waals surface area contributed by atoms with Gasteiger partial charge in [-0.05, 0) is 0 Å². The summed E-state index contributed by atoms with van der Waals surface area (Å²) in [6, 6.07) is 0. The first-order valence-electron chi connectivity index (χ1n) is 1.81. The van der Waals surface area contributed by atoms with Gasteiger partial charge in [-0.2, -0.15) is 0 Å². The van der Waals surface area contributed by atoms with Crippen molar-refractivity contribution in [1.29, 1.82) is 0 Å². The molecule has 0 rings (SSSR count). The van der Waals surface area contributed by atoms with Gasteiger partial charge in [-0.1, -0.05) is 0 Å². The minimum absolute atomic E-state index is 0. The minimum atomic E-state index is -0.0231. The molecule has 0 aliphatic carbocycles. The summed E-state index contributed by atoms with van der Waals surface area (Å²) in [7, 11) is 0. The van der Waals surface area contributed by atoms with Crippen LogP contribution in [0.1, 0.15) is 6.92 Å². The SMILES string of the molecule is [CH2-]CNC(C)=O.[W+2]. The first-order valence-corrected chi connectivity index (χ1v) is 1.81. The molecule has 0 aromatic rings. The largest absolute Gasteiger partial charge is 2.00 e. The number of hydrogen-bond donors (Lipinski definition) is 1. The van der Waals surface area contributed by atoms with Crippen LogP contribution in [0.4, 0.5) is 0 Å². The van der Waals surface area contributed by atoms with Gasteiger partial charge in [-0.3, -0.25) is 4.79 Å². The van der Waals surface area contributed by atoms with Gasteiger partial charge in [0.1, 0.15) is 0 Å². The van der Waals surface area contributed by atoms with E-state index in [9.17, 15) is 4.79 Å². The number of hydrogen-bond acceptors (Lipinski definition) is 1. The van der Waals surface area contributed by atoms with Crippen molar-refractivity contribution in [3.05, 3.63) is 6.92 Å². The molecule has 0 fully saturated rings. The van der Waals surface area contributed by atoms with E-state index in [-0.39, 0.29) is 27.0 Å². The van der Waals surface area contributed by atoms with E-state index < -0.39 is 0 Å². The molecule has 7 heavy (non-hydrogen) atoms. The Morgan fingerprint density at radius 1 is 1.86 bits per heavy atom. The number of carbonyl (C=O) groups is 1. The van der Waals surface area contributed by atoms with Crippen molar-refractivity contribution in [1.82, 2.24) is 5.32 Å². The summed E-state index contributed by atoms with van der Waals surface area (Å²) < 4.78 is 0. The molecule has 0 unspecified atom stereocenters. The van der Waals surface area contributed by atoms with E-state index in [0.29, 0.717) is 6.54 Å². The normalized spacial score (nSPS) is 6.57. The monoisotopic (exact) mass is 270 g/mol. The van der Waals surface area contributed by atoms with Gasteiger partial charge in [0.15, 0.2) is 0 Å². The van der Waals surface area contributed by atoms with Crippen molar-refractivity contribution in [2.24, 2.45) is 0 Å². The second-order valence-corrected chi connectivity index (χ2v) is 0.983. The fourth-order valence-corrected chi connectivity index (χ4v) is 0.176. The third-order valence-electron chi connectivity index (χ3n) is 0.374. The molecule has 0 aliphatic rings. The molecule has 0 aromatic carbocycles. The van der Waals surface area contributed by atoms with Crippen LogP contribution >= 0.6 is 0 Å². The zero-order valence-corrected chi connectivity index (χ0v) is 7.16. The third kappa shape index (κ3) is 10.7. The van der Waals surface area contributed by atoms with Gasteiger partial charge >= 0.3 is 21.1 Å². The Kier molecular flexibility index (Phi) is 8.98. The zero-order valence-electron chi connectivity index (χ0n) is 4.23. The number of carbonyl (C=O) groups excluding carboxylic acids is 1. The van der Waals surface area contributed by atoms with E-state index >= 15 is 0 Å². The Bertz CT molecular complexity index is 55.7. The van der Waals surface area contributed by atoms with Crippen molar-refractivity contribution in [2.75, 3.05) is 6.54 Å². The third-order valence-corrected chi connectivity index (χ3v) is 0.374. The molecule has 1 N–H and O–H groups in total. The topological polar surface area (TPSA) is 29.1 Å². The molecule has 40 valence electrons. The standard InChI is InChI=1S/C4H8NO.W/c1-3-5-4(2)6;/h1,3H2,2H3,(H,5,6);/q-1;+2. The molecule has 0 radical (unpaired) electrons. The van der Waals surface area contributed by atoms with Gasteiger partial charge in [0, 0.05) is 6.92 Å². The van der Waals surface area contributed by atoms with Gasteiger partial charge < -0.3 is 12.2 Å². The quantitative estimate of drug-likeness (QED) is 0.665. The Hall–Kier alpha value is 0.158. The van der Waals surface area contributed by atoms with E-state index in [1.165, 1.54) is 6.92 Å². The summed E-state index contributed by atoms with van der Waals surface area (Å²) in [5.74, 6) is -0.0231. The molecule has 0 spiro atoms. The van der Waals surface area contributed by atoms with Crippen LogP contribution in [0.3, 0.4) is 0 Å². The molecule has 1 amide bonds. The van der Waals surface area contributed by atoms with Crippen LogP contribution in [-0.4, -0.2) is 12.5 Å². The van der Waals surface area contributed by atoms with E-state index in [2.05, 4.69) is 12.2 Å². The summed E-state index contributed by atoms with van der Waals surface area (Å²) >= 11 is 0.